The predicted molar refractivity (Wildman–Crippen MR) is 120 cm³/mol. The third-order valence-electron chi connectivity index (χ3n) is 6.30. The van der Waals surface area contributed by atoms with E-state index in [1.54, 1.807) is 11.0 Å². The lowest BCUT2D eigenvalue weighted by Crippen LogP contribution is -2.62. The number of halogens is 1. The normalized spacial score (nSPS) is 24.9. The van der Waals surface area contributed by atoms with Crippen LogP contribution < -0.4 is 10.2 Å². The summed E-state index contributed by atoms with van der Waals surface area (Å²) in [5.41, 5.74) is 1.10. The fourth-order valence-electron chi connectivity index (χ4n) is 4.98. The van der Waals surface area contributed by atoms with Crippen molar-refractivity contribution >= 4 is 23.4 Å². The molecule has 0 spiro atoms. The van der Waals surface area contributed by atoms with Crippen LogP contribution in [0.3, 0.4) is 0 Å². The highest BCUT2D eigenvalue weighted by atomic mass is 35.5. The van der Waals surface area contributed by atoms with Gasteiger partial charge < -0.3 is 15.3 Å². The van der Waals surface area contributed by atoms with E-state index in [1.165, 1.54) is 0 Å². The zero-order valence-corrected chi connectivity index (χ0v) is 19.0. The number of nitrogens with zero attached hydrogens (tertiary/aromatic N) is 3. The fraction of sp³-hybridized carbons (Fsp3) is 0.652. The Bertz CT molecular complexity index is 801. The first-order chi connectivity index (χ1) is 14.2. The van der Waals surface area contributed by atoms with E-state index in [9.17, 15) is 9.90 Å². The summed E-state index contributed by atoms with van der Waals surface area (Å²) >= 11 is 6.24. The topological polar surface area (TPSA) is 79.6 Å². The molecule has 164 valence electrons. The van der Waals surface area contributed by atoms with Crippen LogP contribution in [0, 0.1) is 11.3 Å². The number of carboxylic acid groups (broad SMARTS) is 1. The lowest BCUT2D eigenvalue weighted by molar-refractivity contribution is 0.0398. The molecular formula is C23H33ClN4O2. The number of nitriles is 1. The Morgan fingerprint density at radius 2 is 2.00 bits per heavy atom. The second kappa shape index (κ2) is 9.45. The van der Waals surface area contributed by atoms with Crippen molar-refractivity contribution in [1.82, 2.24) is 10.2 Å². The smallest absolute Gasteiger partial charge is 0.408 e. The Morgan fingerprint density at radius 3 is 2.63 bits per heavy atom. The molecule has 1 amide bonds. The molecule has 1 aromatic carbocycles. The van der Waals surface area contributed by atoms with Crippen molar-refractivity contribution in [3.05, 3.63) is 28.8 Å². The number of hydrogen-bond donors (Lipinski definition) is 2. The highest BCUT2D eigenvalue weighted by Gasteiger charge is 2.39. The number of carbonyl (C=O) groups is 1. The zero-order valence-electron chi connectivity index (χ0n) is 18.2. The summed E-state index contributed by atoms with van der Waals surface area (Å²) < 4.78 is 0. The van der Waals surface area contributed by atoms with Crippen LogP contribution in [0.15, 0.2) is 18.2 Å². The highest BCUT2D eigenvalue weighted by molar-refractivity contribution is 6.32. The van der Waals surface area contributed by atoms with Crippen molar-refractivity contribution < 1.29 is 9.90 Å². The van der Waals surface area contributed by atoms with Gasteiger partial charge >= 0.3 is 6.09 Å². The predicted octanol–water partition coefficient (Wildman–Crippen LogP) is 4.86. The van der Waals surface area contributed by atoms with Crippen LogP contribution in [0.4, 0.5) is 10.5 Å². The molecule has 3 atom stereocenters. The Balaban J connectivity index is 1.72. The van der Waals surface area contributed by atoms with E-state index in [1.807, 2.05) is 32.9 Å². The van der Waals surface area contributed by atoms with Gasteiger partial charge in [0.2, 0.25) is 0 Å². The number of piperidine rings is 1. The minimum atomic E-state index is -0.835. The fourth-order valence-corrected chi connectivity index (χ4v) is 5.20. The minimum absolute atomic E-state index is 0.00372. The Kier molecular flexibility index (Phi) is 7.15. The summed E-state index contributed by atoms with van der Waals surface area (Å²) in [5.74, 6) is 0. The average molecular weight is 433 g/mol. The first kappa shape index (κ1) is 22.7. The molecule has 30 heavy (non-hydrogen) atoms. The first-order valence-corrected chi connectivity index (χ1v) is 11.3. The van der Waals surface area contributed by atoms with E-state index in [-0.39, 0.29) is 12.1 Å². The second-order valence-electron chi connectivity index (χ2n) is 9.51. The zero-order chi connectivity index (χ0) is 21.9. The van der Waals surface area contributed by atoms with E-state index >= 15 is 0 Å². The molecule has 1 unspecified atom stereocenters. The molecule has 6 nitrogen and oxygen atoms in total. The maximum absolute atomic E-state index is 12.1. The number of amides is 1. The molecule has 1 heterocycles. The Morgan fingerprint density at radius 1 is 1.27 bits per heavy atom. The average Bonchev–Trinajstić information content (AvgIpc) is 2.68. The third kappa shape index (κ3) is 5.19. The number of hydrogen-bond acceptors (Lipinski definition) is 4. The first-order valence-electron chi connectivity index (χ1n) is 10.9. The minimum Gasteiger partial charge on any atom is -0.465 e. The number of anilines is 1. The molecule has 1 aromatic rings. The lowest BCUT2D eigenvalue weighted by atomic mass is 9.86. The molecule has 3 rings (SSSR count). The van der Waals surface area contributed by atoms with Crippen LogP contribution >= 0.6 is 11.6 Å². The maximum Gasteiger partial charge on any atom is 0.408 e. The largest absolute Gasteiger partial charge is 0.465 e. The molecule has 1 aliphatic carbocycles. The molecule has 1 saturated carbocycles. The van der Waals surface area contributed by atoms with Crippen LogP contribution in [-0.2, 0) is 0 Å². The molecule has 0 bridgehead atoms. The molecule has 2 aliphatic rings. The summed E-state index contributed by atoms with van der Waals surface area (Å²) in [5, 5.41) is 23.3. The van der Waals surface area contributed by atoms with E-state index in [0.29, 0.717) is 16.6 Å². The van der Waals surface area contributed by atoms with Crippen LogP contribution in [0.2, 0.25) is 5.02 Å². The van der Waals surface area contributed by atoms with Gasteiger partial charge in [-0.1, -0.05) is 24.4 Å². The van der Waals surface area contributed by atoms with Crippen LogP contribution in [0.5, 0.6) is 0 Å². The van der Waals surface area contributed by atoms with Gasteiger partial charge in [0.25, 0.3) is 0 Å². The maximum atomic E-state index is 12.1. The van der Waals surface area contributed by atoms with Crippen molar-refractivity contribution in [3.63, 3.8) is 0 Å². The van der Waals surface area contributed by atoms with Gasteiger partial charge in [-0.2, -0.15) is 5.26 Å². The SMILES string of the molecule is CC(C)(C)N(C(=O)O)[C@@H]1CCCC[C@H]1NC1CCCN(c2ccc(C#N)c(Cl)c2)C1. The van der Waals surface area contributed by atoms with Crippen molar-refractivity contribution in [3.8, 4) is 6.07 Å². The summed E-state index contributed by atoms with van der Waals surface area (Å²) in [4.78, 5) is 16.0. The van der Waals surface area contributed by atoms with E-state index < -0.39 is 11.6 Å². The lowest BCUT2D eigenvalue weighted by Gasteiger charge is -2.47. The Hall–Kier alpha value is -1.97. The quantitative estimate of drug-likeness (QED) is 0.710. The van der Waals surface area contributed by atoms with Crippen LogP contribution in [-0.4, -0.2) is 52.9 Å². The molecule has 0 radical (unpaired) electrons. The van der Waals surface area contributed by atoms with Crippen molar-refractivity contribution in [1.29, 1.82) is 5.26 Å². The summed E-state index contributed by atoms with van der Waals surface area (Å²) in [7, 11) is 0. The van der Waals surface area contributed by atoms with Gasteiger partial charge in [-0.05, 0) is 64.7 Å². The van der Waals surface area contributed by atoms with Crippen molar-refractivity contribution in [2.75, 3.05) is 18.0 Å². The summed E-state index contributed by atoms with van der Waals surface area (Å²) in [6, 6.07) is 8.19. The molecule has 2 N–H and O–H groups in total. The highest BCUT2D eigenvalue weighted by Crippen LogP contribution is 2.31. The molecular weight excluding hydrogens is 400 g/mol. The second-order valence-corrected chi connectivity index (χ2v) is 9.92. The molecule has 2 fully saturated rings. The van der Waals surface area contributed by atoms with Gasteiger partial charge in [0.15, 0.2) is 0 Å². The van der Waals surface area contributed by atoms with Gasteiger partial charge in [0.1, 0.15) is 6.07 Å². The van der Waals surface area contributed by atoms with E-state index in [4.69, 9.17) is 16.9 Å². The third-order valence-corrected chi connectivity index (χ3v) is 6.61. The monoisotopic (exact) mass is 432 g/mol. The standard InChI is InChI=1S/C23H33ClN4O2/c1-23(2,3)28(22(29)30)21-9-5-4-8-20(21)26-17-7-6-12-27(15-17)18-11-10-16(14-25)19(24)13-18/h10-11,13,17,20-21,26H,4-9,12,15H2,1-3H3,(H,29,30)/t17?,20-,21-/m1/s1. The number of nitrogens with one attached hydrogen (secondary N) is 1. The van der Waals surface area contributed by atoms with Crippen LogP contribution in [0.25, 0.3) is 0 Å². The number of rotatable bonds is 4. The summed E-state index contributed by atoms with van der Waals surface area (Å²) in [6.45, 7) is 7.74. The van der Waals surface area contributed by atoms with Gasteiger partial charge in [-0.25, -0.2) is 4.79 Å². The molecule has 0 aromatic heterocycles. The van der Waals surface area contributed by atoms with Gasteiger partial charge in [-0.15, -0.1) is 0 Å². The summed E-state index contributed by atoms with van der Waals surface area (Å²) in [6.07, 6.45) is 5.42. The number of benzene rings is 1. The van der Waals surface area contributed by atoms with E-state index in [0.717, 1.165) is 57.3 Å². The molecule has 1 aliphatic heterocycles. The van der Waals surface area contributed by atoms with Gasteiger partial charge in [0, 0.05) is 36.4 Å². The Labute approximate surface area is 184 Å². The molecule has 1 saturated heterocycles. The van der Waals surface area contributed by atoms with Gasteiger partial charge in [-0.3, -0.25) is 4.90 Å². The van der Waals surface area contributed by atoms with Crippen molar-refractivity contribution in [2.24, 2.45) is 0 Å². The van der Waals surface area contributed by atoms with Gasteiger partial charge in [0.05, 0.1) is 16.6 Å². The van der Waals surface area contributed by atoms with Crippen LogP contribution in [0.1, 0.15) is 64.9 Å². The van der Waals surface area contributed by atoms with Crippen molar-refractivity contribution in [2.45, 2.75) is 83.0 Å². The molecule has 7 heteroatoms. The van der Waals surface area contributed by atoms with E-state index in [2.05, 4.69) is 16.3 Å².